The van der Waals surface area contributed by atoms with E-state index in [1.54, 1.807) is 0 Å². The van der Waals surface area contributed by atoms with Crippen LogP contribution in [-0.4, -0.2) is 43.7 Å². The fourth-order valence-electron chi connectivity index (χ4n) is 1.17. The molecule has 0 aliphatic carbocycles. The lowest BCUT2D eigenvalue weighted by molar-refractivity contribution is -0.124. The van der Waals surface area contributed by atoms with Crippen molar-refractivity contribution in [1.82, 2.24) is 15.5 Å². The van der Waals surface area contributed by atoms with Gasteiger partial charge in [0.1, 0.15) is 0 Å². The summed E-state index contributed by atoms with van der Waals surface area (Å²) in [5.74, 6) is 0.123. The molecule has 0 aromatic heterocycles. The maximum Gasteiger partial charge on any atom is 0.234 e. The second-order valence-electron chi connectivity index (χ2n) is 2.79. The molecule has 1 atom stereocenters. The van der Waals surface area contributed by atoms with Crippen molar-refractivity contribution < 1.29 is 4.79 Å². The van der Waals surface area contributed by atoms with E-state index in [1.165, 1.54) is 0 Å². The molecule has 2 N–H and O–H groups in total. The molecular weight excluding hydrogens is 142 g/mol. The highest BCUT2D eigenvalue weighted by atomic mass is 16.2. The zero-order valence-corrected chi connectivity index (χ0v) is 7.05. The normalized spacial score (nSPS) is 22.9. The van der Waals surface area contributed by atoms with Crippen molar-refractivity contribution in [3.8, 4) is 0 Å². The van der Waals surface area contributed by atoms with Crippen LogP contribution in [0.4, 0.5) is 0 Å². The fraction of sp³-hybridized carbons (Fsp3) is 0.857. The lowest BCUT2D eigenvalue weighted by atomic mass is 10.3. The van der Waals surface area contributed by atoms with Gasteiger partial charge >= 0.3 is 0 Å². The zero-order valence-electron chi connectivity index (χ0n) is 7.05. The quantitative estimate of drug-likeness (QED) is 0.539. The second-order valence-corrected chi connectivity index (χ2v) is 2.79. The summed E-state index contributed by atoms with van der Waals surface area (Å²) in [6.45, 7) is 4.28. The van der Waals surface area contributed by atoms with E-state index in [0.29, 0.717) is 12.7 Å². The van der Waals surface area contributed by atoms with Gasteiger partial charge in [0.2, 0.25) is 5.91 Å². The zero-order chi connectivity index (χ0) is 8.27. The van der Waals surface area contributed by atoms with Gasteiger partial charge in [-0.2, -0.15) is 0 Å². The van der Waals surface area contributed by atoms with E-state index in [-0.39, 0.29) is 5.91 Å². The van der Waals surface area contributed by atoms with E-state index in [1.807, 2.05) is 7.05 Å². The molecule has 1 unspecified atom stereocenters. The Balaban J connectivity index is 2.39. The molecule has 11 heavy (non-hydrogen) atoms. The van der Waals surface area contributed by atoms with Gasteiger partial charge in [-0.25, -0.2) is 0 Å². The van der Waals surface area contributed by atoms with Crippen LogP contribution in [0, 0.1) is 0 Å². The first-order valence-corrected chi connectivity index (χ1v) is 3.92. The van der Waals surface area contributed by atoms with Gasteiger partial charge in [0.25, 0.3) is 0 Å². The lowest BCUT2D eigenvalue weighted by Gasteiger charge is -2.31. The number of nitrogens with zero attached hydrogens (tertiary/aromatic N) is 1. The summed E-state index contributed by atoms with van der Waals surface area (Å²) in [6.07, 6.45) is 0.293. The predicted octanol–water partition coefficient (Wildman–Crippen LogP) is -1.02. The van der Waals surface area contributed by atoms with Crippen LogP contribution in [0.15, 0.2) is 0 Å². The molecule has 1 amide bonds. The van der Waals surface area contributed by atoms with E-state index < -0.39 is 0 Å². The summed E-state index contributed by atoms with van der Waals surface area (Å²) in [6, 6.07) is 0. The standard InChI is InChI=1S/C7H15N3O/c1-6(8-2)10-4-3-9-7(11)5-10/h6,8H,3-5H2,1-2H3,(H,9,11). The molecule has 1 aliphatic heterocycles. The van der Waals surface area contributed by atoms with Crippen molar-refractivity contribution in [2.75, 3.05) is 26.7 Å². The van der Waals surface area contributed by atoms with Gasteiger partial charge < -0.3 is 10.6 Å². The number of hydrogen-bond donors (Lipinski definition) is 2. The van der Waals surface area contributed by atoms with Crippen molar-refractivity contribution in [2.24, 2.45) is 0 Å². The Morgan fingerprint density at radius 2 is 2.45 bits per heavy atom. The highest BCUT2D eigenvalue weighted by Crippen LogP contribution is 1.97. The predicted molar refractivity (Wildman–Crippen MR) is 43.1 cm³/mol. The average Bonchev–Trinajstić information content (AvgIpc) is 2.03. The molecule has 0 saturated carbocycles. The summed E-state index contributed by atoms with van der Waals surface area (Å²) in [5.41, 5.74) is 0. The molecule has 1 heterocycles. The van der Waals surface area contributed by atoms with E-state index in [0.717, 1.165) is 13.1 Å². The third-order valence-electron chi connectivity index (χ3n) is 2.03. The van der Waals surface area contributed by atoms with Crippen LogP contribution in [0.1, 0.15) is 6.92 Å². The maximum atomic E-state index is 10.9. The molecule has 0 aromatic carbocycles. The number of hydrogen-bond acceptors (Lipinski definition) is 3. The van der Waals surface area contributed by atoms with E-state index in [2.05, 4.69) is 22.5 Å². The highest BCUT2D eigenvalue weighted by Gasteiger charge is 2.19. The van der Waals surface area contributed by atoms with Gasteiger partial charge in [-0.15, -0.1) is 0 Å². The fourth-order valence-corrected chi connectivity index (χ4v) is 1.17. The smallest absolute Gasteiger partial charge is 0.234 e. The minimum absolute atomic E-state index is 0.123. The molecule has 1 fully saturated rings. The lowest BCUT2D eigenvalue weighted by Crippen LogP contribution is -2.54. The van der Waals surface area contributed by atoms with E-state index in [4.69, 9.17) is 0 Å². The first-order chi connectivity index (χ1) is 5.24. The molecule has 64 valence electrons. The molecule has 0 aromatic rings. The molecule has 4 nitrogen and oxygen atoms in total. The van der Waals surface area contributed by atoms with Crippen molar-refractivity contribution in [1.29, 1.82) is 0 Å². The summed E-state index contributed by atoms with van der Waals surface area (Å²) < 4.78 is 0. The van der Waals surface area contributed by atoms with Crippen LogP contribution in [0.3, 0.4) is 0 Å². The highest BCUT2D eigenvalue weighted by molar-refractivity contribution is 5.78. The molecule has 1 saturated heterocycles. The van der Waals surface area contributed by atoms with Crippen LogP contribution >= 0.6 is 0 Å². The van der Waals surface area contributed by atoms with Crippen LogP contribution in [0.2, 0.25) is 0 Å². The summed E-state index contributed by atoms with van der Waals surface area (Å²) in [5, 5.41) is 5.88. The van der Waals surface area contributed by atoms with Gasteiger partial charge in [-0.3, -0.25) is 9.69 Å². The summed E-state index contributed by atoms with van der Waals surface area (Å²) in [4.78, 5) is 13.0. The van der Waals surface area contributed by atoms with Gasteiger partial charge in [0, 0.05) is 13.1 Å². The number of carbonyl (C=O) groups excluding carboxylic acids is 1. The minimum atomic E-state index is 0.123. The molecule has 0 spiro atoms. The minimum Gasteiger partial charge on any atom is -0.354 e. The molecular formula is C7H15N3O. The Hall–Kier alpha value is -0.610. The first-order valence-electron chi connectivity index (χ1n) is 3.92. The number of nitrogens with one attached hydrogen (secondary N) is 2. The van der Waals surface area contributed by atoms with Crippen LogP contribution in [0.25, 0.3) is 0 Å². The van der Waals surface area contributed by atoms with Crippen LogP contribution in [0.5, 0.6) is 0 Å². The molecule has 0 bridgehead atoms. The Kier molecular flexibility index (Phi) is 2.84. The van der Waals surface area contributed by atoms with Crippen molar-refractivity contribution >= 4 is 5.91 Å². The Morgan fingerprint density at radius 3 is 3.00 bits per heavy atom. The largest absolute Gasteiger partial charge is 0.354 e. The number of carbonyl (C=O) groups is 1. The van der Waals surface area contributed by atoms with E-state index in [9.17, 15) is 4.79 Å². The van der Waals surface area contributed by atoms with E-state index >= 15 is 0 Å². The van der Waals surface area contributed by atoms with Gasteiger partial charge in [-0.1, -0.05) is 0 Å². The second kappa shape index (κ2) is 3.69. The van der Waals surface area contributed by atoms with Gasteiger partial charge in [0.15, 0.2) is 0 Å². The molecule has 4 heteroatoms. The third-order valence-corrected chi connectivity index (χ3v) is 2.03. The summed E-state index contributed by atoms with van der Waals surface area (Å²) in [7, 11) is 1.90. The Morgan fingerprint density at radius 1 is 1.73 bits per heavy atom. The van der Waals surface area contributed by atoms with Crippen molar-refractivity contribution in [3.63, 3.8) is 0 Å². The first kappa shape index (κ1) is 8.49. The van der Waals surface area contributed by atoms with Gasteiger partial charge in [0.05, 0.1) is 12.7 Å². The molecule has 0 radical (unpaired) electrons. The Bertz CT molecular complexity index is 149. The molecule has 1 rings (SSSR count). The van der Waals surface area contributed by atoms with Crippen molar-refractivity contribution in [2.45, 2.75) is 13.1 Å². The maximum absolute atomic E-state index is 10.9. The third kappa shape index (κ3) is 2.17. The average molecular weight is 157 g/mol. The topological polar surface area (TPSA) is 44.4 Å². The van der Waals surface area contributed by atoms with Crippen LogP contribution in [-0.2, 0) is 4.79 Å². The molecule has 1 aliphatic rings. The summed E-state index contributed by atoms with van der Waals surface area (Å²) >= 11 is 0. The van der Waals surface area contributed by atoms with Crippen LogP contribution < -0.4 is 10.6 Å². The number of amides is 1. The number of piperazine rings is 1. The SMILES string of the molecule is CNC(C)N1CCNC(=O)C1. The van der Waals surface area contributed by atoms with Gasteiger partial charge in [-0.05, 0) is 14.0 Å². The number of rotatable bonds is 2. The monoisotopic (exact) mass is 157 g/mol. The van der Waals surface area contributed by atoms with Crippen molar-refractivity contribution in [3.05, 3.63) is 0 Å². The Labute approximate surface area is 66.9 Å².